The predicted octanol–water partition coefficient (Wildman–Crippen LogP) is 5.03. The van der Waals surface area contributed by atoms with Gasteiger partial charge in [-0.1, -0.05) is 37.0 Å². The number of rotatable bonds is 6. The van der Waals surface area contributed by atoms with Crippen LogP contribution in [0, 0.1) is 37.0 Å². The van der Waals surface area contributed by atoms with Gasteiger partial charge >= 0.3 is 7.32 Å². The Balaban J connectivity index is 1.81. The van der Waals surface area contributed by atoms with E-state index in [-0.39, 0.29) is 0 Å². The molecule has 0 spiro atoms. The maximum Gasteiger partial charge on any atom is 0.642 e. The Bertz CT molecular complexity index is 542. The second-order valence-corrected chi connectivity index (χ2v) is 8.74. The zero-order chi connectivity index (χ0) is 19.9. The molecule has 0 aliphatic heterocycles. The van der Waals surface area contributed by atoms with Gasteiger partial charge in [0.15, 0.2) is 0 Å². The van der Waals surface area contributed by atoms with E-state index in [2.05, 4.69) is 17.8 Å². The van der Waals surface area contributed by atoms with Crippen LogP contribution in [0.15, 0.2) is 0 Å². The number of hydrogen-bond donors (Lipinski definition) is 0. The molecule has 0 N–H and O–H groups in total. The molecule has 0 bridgehead atoms. The fraction of sp³-hybridized carbons (Fsp3) is 0.750. The molecule has 0 radical (unpaired) electrons. The topological polar surface area (TPSA) is 27.7 Å². The molecule has 3 fully saturated rings. The molecule has 150 valence electrons. The SMILES string of the molecule is C#CC1(OB(OC2(C#C)CCCCC2)OC2(C#C)CCCCC2)CCCCC1. The van der Waals surface area contributed by atoms with Gasteiger partial charge in [-0.3, -0.25) is 0 Å². The van der Waals surface area contributed by atoms with E-state index in [1.165, 1.54) is 19.3 Å². The highest BCUT2D eigenvalue weighted by Crippen LogP contribution is 2.38. The molecule has 3 aliphatic rings. The highest BCUT2D eigenvalue weighted by Gasteiger charge is 2.47. The van der Waals surface area contributed by atoms with Crippen LogP contribution >= 0.6 is 0 Å². The quantitative estimate of drug-likeness (QED) is 0.478. The third kappa shape index (κ3) is 4.96. The van der Waals surface area contributed by atoms with Crippen LogP contribution in [0.3, 0.4) is 0 Å². The summed E-state index contributed by atoms with van der Waals surface area (Å²) in [6.45, 7) is 0. The molecule has 0 amide bonds. The first kappa shape index (κ1) is 21.3. The van der Waals surface area contributed by atoms with Gasteiger partial charge in [0.25, 0.3) is 0 Å². The van der Waals surface area contributed by atoms with Crippen LogP contribution in [0.25, 0.3) is 0 Å². The van der Waals surface area contributed by atoms with Crippen LogP contribution in [0.4, 0.5) is 0 Å². The molecule has 0 saturated heterocycles. The van der Waals surface area contributed by atoms with Gasteiger partial charge in [-0.15, -0.1) is 19.3 Å². The third-order valence-corrected chi connectivity index (χ3v) is 6.74. The number of terminal acetylenes is 3. The van der Waals surface area contributed by atoms with E-state index >= 15 is 0 Å². The third-order valence-electron chi connectivity index (χ3n) is 6.74. The van der Waals surface area contributed by atoms with Gasteiger partial charge < -0.3 is 14.0 Å². The van der Waals surface area contributed by atoms with Crippen LogP contribution < -0.4 is 0 Å². The van der Waals surface area contributed by atoms with Crippen LogP contribution in [0.2, 0.25) is 0 Å². The minimum absolute atomic E-state index is 0.655. The summed E-state index contributed by atoms with van der Waals surface area (Å²) in [7, 11) is -0.919. The Labute approximate surface area is 171 Å². The molecular formula is C24H33BO3. The molecule has 0 heterocycles. The zero-order valence-corrected chi connectivity index (χ0v) is 17.1. The average Bonchev–Trinajstić information content (AvgIpc) is 2.75. The molecule has 4 heteroatoms. The van der Waals surface area contributed by atoms with E-state index in [0.717, 1.165) is 77.0 Å². The fourth-order valence-electron chi connectivity index (χ4n) is 4.88. The highest BCUT2D eigenvalue weighted by molar-refractivity contribution is 6.37. The first-order valence-electron chi connectivity index (χ1n) is 11.1. The van der Waals surface area contributed by atoms with Crippen molar-refractivity contribution in [2.24, 2.45) is 0 Å². The lowest BCUT2D eigenvalue weighted by Gasteiger charge is -2.42. The molecule has 0 unspecified atom stereocenters. The van der Waals surface area contributed by atoms with Crippen molar-refractivity contribution in [3.63, 3.8) is 0 Å². The van der Waals surface area contributed by atoms with Crippen molar-refractivity contribution < 1.29 is 14.0 Å². The first-order valence-corrected chi connectivity index (χ1v) is 11.1. The molecule has 3 aliphatic carbocycles. The van der Waals surface area contributed by atoms with Crippen LogP contribution in [-0.4, -0.2) is 24.1 Å². The van der Waals surface area contributed by atoms with Gasteiger partial charge in [-0.05, 0) is 77.0 Å². The van der Waals surface area contributed by atoms with E-state index in [9.17, 15) is 0 Å². The predicted molar refractivity (Wildman–Crippen MR) is 113 cm³/mol. The van der Waals surface area contributed by atoms with Gasteiger partial charge in [0, 0.05) is 0 Å². The van der Waals surface area contributed by atoms with E-state index < -0.39 is 24.1 Å². The van der Waals surface area contributed by atoms with Gasteiger partial charge in [0.1, 0.15) is 16.8 Å². The Morgan fingerprint density at radius 3 is 0.929 bits per heavy atom. The fourth-order valence-corrected chi connectivity index (χ4v) is 4.88. The van der Waals surface area contributed by atoms with E-state index in [4.69, 9.17) is 33.2 Å². The van der Waals surface area contributed by atoms with Gasteiger partial charge in [0.05, 0.1) is 0 Å². The minimum Gasteiger partial charge on any atom is -0.369 e. The minimum atomic E-state index is -0.919. The molecule has 0 aromatic carbocycles. The maximum atomic E-state index is 6.42. The normalized spacial score (nSPS) is 25.6. The van der Waals surface area contributed by atoms with Crippen molar-refractivity contribution in [3.05, 3.63) is 0 Å². The second kappa shape index (κ2) is 9.42. The Kier molecular flexibility index (Phi) is 7.17. The van der Waals surface area contributed by atoms with Crippen molar-refractivity contribution in [2.45, 2.75) is 113 Å². The summed E-state index contributed by atoms with van der Waals surface area (Å²) in [6, 6.07) is 0. The summed E-state index contributed by atoms with van der Waals surface area (Å²) >= 11 is 0. The highest BCUT2D eigenvalue weighted by atomic mass is 16.8. The molecule has 0 atom stereocenters. The van der Waals surface area contributed by atoms with Gasteiger partial charge in [0.2, 0.25) is 0 Å². The smallest absolute Gasteiger partial charge is 0.369 e. The van der Waals surface area contributed by atoms with Gasteiger partial charge in [-0.25, -0.2) is 0 Å². The average molecular weight is 380 g/mol. The van der Waals surface area contributed by atoms with Crippen molar-refractivity contribution in [1.29, 1.82) is 0 Å². The van der Waals surface area contributed by atoms with Gasteiger partial charge in [-0.2, -0.15) is 0 Å². The first-order chi connectivity index (χ1) is 13.6. The molecule has 3 rings (SSSR count). The Morgan fingerprint density at radius 2 is 0.714 bits per heavy atom. The number of hydrogen-bond acceptors (Lipinski definition) is 3. The van der Waals surface area contributed by atoms with Crippen LogP contribution in [0.1, 0.15) is 96.3 Å². The molecule has 0 aromatic rings. The van der Waals surface area contributed by atoms with E-state index in [1.54, 1.807) is 0 Å². The maximum absolute atomic E-state index is 6.42. The standard InChI is InChI=1S/C24H33BO3/c1-4-22(16-10-7-11-17-22)26-25(27-23(5-2)18-12-8-13-19-23)28-24(6-3)20-14-9-15-21-24/h1-3H,7-21H2. The van der Waals surface area contributed by atoms with Crippen molar-refractivity contribution in [1.82, 2.24) is 0 Å². The summed E-state index contributed by atoms with van der Waals surface area (Å²) in [5, 5.41) is 0. The van der Waals surface area contributed by atoms with Crippen molar-refractivity contribution >= 4 is 7.32 Å². The largest absolute Gasteiger partial charge is 0.642 e. The van der Waals surface area contributed by atoms with E-state index in [1.807, 2.05) is 0 Å². The zero-order valence-electron chi connectivity index (χ0n) is 17.1. The van der Waals surface area contributed by atoms with Crippen LogP contribution in [-0.2, 0) is 14.0 Å². The summed E-state index contributed by atoms with van der Waals surface area (Å²) in [5.74, 6) is 8.69. The molecule has 0 aromatic heterocycles. The Morgan fingerprint density at radius 1 is 0.464 bits per heavy atom. The molecular weight excluding hydrogens is 347 g/mol. The molecule has 3 nitrogen and oxygen atoms in total. The van der Waals surface area contributed by atoms with E-state index in [0.29, 0.717) is 0 Å². The molecule has 3 saturated carbocycles. The summed E-state index contributed by atoms with van der Waals surface area (Å²) in [4.78, 5) is 0. The van der Waals surface area contributed by atoms with Crippen molar-refractivity contribution in [3.8, 4) is 37.0 Å². The lowest BCUT2D eigenvalue weighted by atomic mass is 9.81. The second-order valence-electron chi connectivity index (χ2n) is 8.74. The molecule has 28 heavy (non-hydrogen) atoms. The van der Waals surface area contributed by atoms with Crippen LogP contribution in [0.5, 0.6) is 0 Å². The Hall–Kier alpha value is -1.38. The lowest BCUT2D eigenvalue weighted by Crippen LogP contribution is -2.52. The summed E-state index contributed by atoms with van der Waals surface area (Å²) < 4.78 is 19.2. The summed E-state index contributed by atoms with van der Waals surface area (Å²) in [6.07, 6.45) is 32.5. The lowest BCUT2D eigenvalue weighted by molar-refractivity contribution is -0.0708. The summed E-state index contributed by atoms with van der Waals surface area (Å²) in [5.41, 5.74) is -1.96. The van der Waals surface area contributed by atoms with Crippen molar-refractivity contribution in [2.75, 3.05) is 0 Å². The monoisotopic (exact) mass is 380 g/mol.